The molecule has 0 saturated heterocycles. The van der Waals surface area contributed by atoms with Crippen LogP contribution in [-0.2, 0) is 6.42 Å². The molecule has 0 aliphatic rings. The third kappa shape index (κ3) is 3.78. The lowest BCUT2D eigenvalue weighted by atomic mass is 10.0. The van der Waals surface area contributed by atoms with Gasteiger partial charge in [0.05, 0.1) is 8.81 Å². The van der Waals surface area contributed by atoms with Crippen molar-refractivity contribution in [1.29, 1.82) is 0 Å². The Kier molecular flexibility index (Phi) is 5.39. The maximum atomic E-state index is 13.6. The topological polar surface area (TPSA) is 12.0 Å². The summed E-state index contributed by atoms with van der Waals surface area (Å²) in [7, 11) is 0. The van der Waals surface area contributed by atoms with E-state index in [1.54, 1.807) is 17.4 Å². The zero-order valence-electron chi connectivity index (χ0n) is 10.4. The monoisotopic (exact) mass is 361 g/mol. The molecular weight excluding hydrogens is 349 g/mol. The van der Waals surface area contributed by atoms with Crippen LogP contribution in [-0.4, -0.2) is 6.54 Å². The lowest BCUT2D eigenvalue weighted by Gasteiger charge is -2.19. The molecule has 5 heteroatoms. The van der Waals surface area contributed by atoms with Crippen molar-refractivity contribution in [3.63, 3.8) is 0 Å². The van der Waals surface area contributed by atoms with Crippen molar-refractivity contribution in [3.05, 3.63) is 55.4 Å². The standard InChI is InChI=1S/C14H14BrClFNS/c1-2-18-12(8-9-6-7-13(15)19-9)10-4-3-5-11(17)14(10)16/h3-7,12,18H,2,8H2,1H3. The molecule has 0 aliphatic carbocycles. The smallest absolute Gasteiger partial charge is 0.142 e. The van der Waals surface area contributed by atoms with E-state index in [-0.39, 0.29) is 16.9 Å². The van der Waals surface area contributed by atoms with E-state index in [0.717, 1.165) is 22.3 Å². The van der Waals surface area contributed by atoms with Gasteiger partial charge in [0, 0.05) is 17.3 Å². The normalized spacial score (nSPS) is 12.6. The molecule has 0 bridgehead atoms. The lowest BCUT2D eigenvalue weighted by Crippen LogP contribution is -2.23. The number of likely N-dealkylation sites (N-methyl/N-ethyl adjacent to an activating group) is 1. The minimum Gasteiger partial charge on any atom is -0.310 e. The van der Waals surface area contributed by atoms with Crippen molar-refractivity contribution >= 4 is 38.9 Å². The molecule has 0 saturated carbocycles. The van der Waals surface area contributed by atoms with E-state index in [1.807, 2.05) is 19.1 Å². The van der Waals surface area contributed by atoms with Gasteiger partial charge in [0.2, 0.25) is 0 Å². The first-order chi connectivity index (χ1) is 9.11. The van der Waals surface area contributed by atoms with Gasteiger partial charge < -0.3 is 5.32 Å². The molecule has 0 radical (unpaired) electrons. The number of thiophene rings is 1. The quantitative estimate of drug-likeness (QED) is 0.771. The maximum absolute atomic E-state index is 13.6. The molecule has 0 fully saturated rings. The van der Waals surface area contributed by atoms with E-state index in [1.165, 1.54) is 10.9 Å². The van der Waals surface area contributed by atoms with Crippen LogP contribution in [0.1, 0.15) is 23.4 Å². The van der Waals surface area contributed by atoms with Gasteiger partial charge in [-0.25, -0.2) is 4.39 Å². The van der Waals surface area contributed by atoms with Crippen LogP contribution in [0, 0.1) is 5.82 Å². The van der Waals surface area contributed by atoms with Gasteiger partial charge in [-0.2, -0.15) is 0 Å². The fraction of sp³-hybridized carbons (Fsp3) is 0.286. The van der Waals surface area contributed by atoms with Crippen molar-refractivity contribution in [1.82, 2.24) is 5.32 Å². The van der Waals surface area contributed by atoms with E-state index < -0.39 is 0 Å². The Bertz CT molecular complexity index is 558. The predicted molar refractivity (Wildman–Crippen MR) is 83.6 cm³/mol. The van der Waals surface area contributed by atoms with Crippen molar-refractivity contribution in [2.24, 2.45) is 0 Å². The highest BCUT2D eigenvalue weighted by molar-refractivity contribution is 9.11. The highest BCUT2D eigenvalue weighted by Crippen LogP contribution is 2.31. The summed E-state index contributed by atoms with van der Waals surface area (Å²) in [5, 5.41) is 3.58. The average Bonchev–Trinajstić information content (AvgIpc) is 2.78. The molecule has 1 heterocycles. The molecule has 102 valence electrons. The molecule has 2 rings (SSSR count). The fourth-order valence-corrected chi connectivity index (χ4v) is 3.78. The molecule has 1 aromatic heterocycles. The summed E-state index contributed by atoms with van der Waals surface area (Å²) >= 11 is 11.2. The Morgan fingerprint density at radius 3 is 2.79 bits per heavy atom. The number of hydrogen-bond acceptors (Lipinski definition) is 2. The first-order valence-corrected chi connectivity index (χ1v) is 8.02. The van der Waals surface area contributed by atoms with Crippen LogP contribution in [0.4, 0.5) is 4.39 Å². The van der Waals surface area contributed by atoms with Crippen molar-refractivity contribution in [2.45, 2.75) is 19.4 Å². The summed E-state index contributed by atoms with van der Waals surface area (Å²) in [6.07, 6.45) is 0.799. The minimum absolute atomic E-state index is 0.0266. The van der Waals surface area contributed by atoms with Crippen LogP contribution in [0.5, 0.6) is 0 Å². The van der Waals surface area contributed by atoms with Crippen LogP contribution >= 0.6 is 38.9 Å². The maximum Gasteiger partial charge on any atom is 0.142 e. The summed E-state index contributed by atoms with van der Waals surface area (Å²) in [6.45, 7) is 2.84. The first-order valence-electron chi connectivity index (χ1n) is 6.03. The minimum atomic E-state index is -0.366. The van der Waals surface area contributed by atoms with E-state index in [4.69, 9.17) is 11.6 Å². The zero-order chi connectivity index (χ0) is 13.8. The number of nitrogens with one attached hydrogen (secondary N) is 1. The summed E-state index contributed by atoms with van der Waals surface area (Å²) in [4.78, 5) is 1.23. The molecular formula is C14H14BrClFNS. The Labute approximate surface area is 129 Å². The SMILES string of the molecule is CCNC(Cc1ccc(Br)s1)c1cccc(F)c1Cl. The summed E-state index contributed by atoms with van der Waals surface area (Å²) in [6, 6.07) is 9.09. The average molecular weight is 363 g/mol. The van der Waals surface area contributed by atoms with Crippen molar-refractivity contribution < 1.29 is 4.39 Å². The lowest BCUT2D eigenvalue weighted by molar-refractivity contribution is 0.546. The molecule has 1 unspecified atom stereocenters. The van der Waals surface area contributed by atoms with Gasteiger partial charge in [0.25, 0.3) is 0 Å². The van der Waals surface area contributed by atoms with Crippen LogP contribution in [0.3, 0.4) is 0 Å². The molecule has 0 amide bonds. The molecule has 2 aromatic rings. The van der Waals surface area contributed by atoms with Gasteiger partial charge in [0.15, 0.2) is 0 Å². The number of halogens is 3. The molecule has 0 spiro atoms. The van der Waals surface area contributed by atoms with Gasteiger partial charge in [-0.05, 0) is 46.2 Å². The Morgan fingerprint density at radius 2 is 2.16 bits per heavy atom. The van der Waals surface area contributed by atoms with Gasteiger partial charge in [-0.3, -0.25) is 0 Å². The van der Waals surface area contributed by atoms with Crippen molar-refractivity contribution in [3.8, 4) is 0 Å². The molecule has 0 aliphatic heterocycles. The summed E-state index contributed by atoms with van der Waals surface area (Å²) in [5.41, 5.74) is 0.813. The summed E-state index contributed by atoms with van der Waals surface area (Å²) in [5.74, 6) is -0.366. The highest BCUT2D eigenvalue weighted by atomic mass is 79.9. The zero-order valence-corrected chi connectivity index (χ0v) is 13.6. The second kappa shape index (κ2) is 6.84. The van der Waals surface area contributed by atoms with E-state index in [0.29, 0.717) is 0 Å². The number of rotatable bonds is 5. The third-order valence-corrected chi connectivity index (χ3v) is 4.89. The Balaban J connectivity index is 2.26. The first kappa shape index (κ1) is 15.0. The molecule has 1 nitrogen and oxygen atoms in total. The van der Waals surface area contributed by atoms with Gasteiger partial charge in [-0.1, -0.05) is 30.7 Å². The molecule has 1 atom stereocenters. The fourth-order valence-electron chi connectivity index (χ4n) is 1.99. The van der Waals surface area contributed by atoms with Gasteiger partial charge in [-0.15, -0.1) is 11.3 Å². The number of benzene rings is 1. The Hall–Kier alpha value is -0.420. The Morgan fingerprint density at radius 1 is 1.37 bits per heavy atom. The highest BCUT2D eigenvalue weighted by Gasteiger charge is 2.17. The molecule has 1 N–H and O–H groups in total. The summed E-state index contributed by atoms with van der Waals surface area (Å²) < 4.78 is 14.7. The molecule has 19 heavy (non-hydrogen) atoms. The van der Waals surface area contributed by atoms with Crippen LogP contribution in [0.2, 0.25) is 5.02 Å². The van der Waals surface area contributed by atoms with Crippen LogP contribution in [0.15, 0.2) is 34.1 Å². The predicted octanol–water partition coefficient (Wildman–Crippen LogP) is 5.20. The van der Waals surface area contributed by atoms with E-state index >= 15 is 0 Å². The van der Waals surface area contributed by atoms with Gasteiger partial charge >= 0.3 is 0 Å². The van der Waals surface area contributed by atoms with E-state index in [2.05, 4.69) is 27.3 Å². The van der Waals surface area contributed by atoms with E-state index in [9.17, 15) is 4.39 Å². The third-order valence-electron chi connectivity index (χ3n) is 2.84. The second-order valence-electron chi connectivity index (χ2n) is 4.16. The van der Waals surface area contributed by atoms with Crippen LogP contribution < -0.4 is 5.32 Å². The van der Waals surface area contributed by atoms with Crippen molar-refractivity contribution in [2.75, 3.05) is 6.54 Å². The number of hydrogen-bond donors (Lipinski definition) is 1. The van der Waals surface area contributed by atoms with Gasteiger partial charge in [0.1, 0.15) is 5.82 Å². The largest absolute Gasteiger partial charge is 0.310 e. The second-order valence-corrected chi connectivity index (χ2v) is 7.09. The van der Waals surface area contributed by atoms with Crippen LogP contribution in [0.25, 0.3) is 0 Å². The molecule has 1 aromatic carbocycles.